The van der Waals surface area contributed by atoms with Gasteiger partial charge in [0.25, 0.3) is 13.4 Å². The zero-order valence-electron chi connectivity index (χ0n) is 53.1. The molecule has 20 rings (SSSR count). The fourth-order valence-corrected chi connectivity index (χ4v) is 17.0. The van der Waals surface area contributed by atoms with Crippen LogP contribution in [0.25, 0.3) is 144 Å². The first-order valence-corrected chi connectivity index (χ1v) is 33.5. The number of para-hydroxylation sites is 2. The van der Waals surface area contributed by atoms with E-state index in [0.717, 1.165) is 155 Å². The van der Waals surface area contributed by atoms with Crippen molar-refractivity contribution in [3.8, 4) is 134 Å². The smallest absolute Gasteiger partial charge is 0.416 e. The normalized spacial score (nSPS) is 13.0. The van der Waals surface area contributed by atoms with Gasteiger partial charge in [0.15, 0.2) is 0 Å². The molecule has 2 nitrogen and oxygen atoms in total. The minimum atomic E-state index is -4.79. The molecule has 0 amide bonds. The molecule has 4 aliphatic rings. The van der Waals surface area contributed by atoms with Crippen LogP contribution in [0.4, 0.5) is 26.3 Å². The van der Waals surface area contributed by atoms with Crippen LogP contribution in [0.15, 0.2) is 303 Å². The lowest BCUT2D eigenvalue weighted by Gasteiger charge is -2.38. The average molecular weight is 1300 g/mol. The molecule has 0 saturated carbocycles. The predicted molar refractivity (Wildman–Crippen MR) is 397 cm³/mol. The van der Waals surface area contributed by atoms with Crippen molar-refractivity contribution in [1.29, 1.82) is 0 Å². The quantitative estimate of drug-likeness (QED) is 0.0858. The number of fused-ring (bicyclic) bond motifs is 8. The molecule has 470 valence electrons. The predicted octanol–water partition coefficient (Wildman–Crippen LogP) is 21.2. The standard InChI is InChI=1S/C90H50B2F6O2/c93-89(94,95)59-43-71-67-47-65(81-61(53-27-11-3-12-28-53)39-57(51-23-7-1-8-24-51)40-62(81)54-29-13-4-14-30-54)69-49-75-84-68(72-44-60(90(96,97)98)46-80-88(72)91(75)73-35-19-21-37-77(73)100-80)48-66(70-50-76(83(67)85(69)86(70)84)92-74-36-20-22-38-78(74)99-79(45-59)87(71)92)82-63(55-31-15-5-16-32-55)41-58(52-25-9-2-10-26-52)42-64(82)56-33-17-6-18-34-56/h1-50H. The van der Waals surface area contributed by atoms with E-state index in [1.165, 1.54) is 12.1 Å². The Morgan fingerprint density at radius 2 is 0.520 bits per heavy atom. The lowest BCUT2D eigenvalue weighted by Crippen LogP contribution is -2.58. The monoisotopic (exact) mass is 1300 g/mol. The molecule has 100 heavy (non-hydrogen) atoms. The summed E-state index contributed by atoms with van der Waals surface area (Å²) in [5.74, 6) is 1.11. The lowest BCUT2D eigenvalue weighted by atomic mass is 9.31. The third-order valence-corrected chi connectivity index (χ3v) is 21.1. The highest BCUT2D eigenvalue weighted by atomic mass is 19.4. The van der Waals surface area contributed by atoms with Crippen LogP contribution >= 0.6 is 0 Å². The third-order valence-electron chi connectivity index (χ3n) is 21.1. The van der Waals surface area contributed by atoms with Gasteiger partial charge in [-0.05, 0) is 238 Å². The average Bonchev–Trinajstić information content (AvgIpc) is 0.664. The van der Waals surface area contributed by atoms with Crippen molar-refractivity contribution in [2.45, 2.75) is 12.4 Å². The van der Waals surface area contributed by atoms with Crippen LogP contribution < -0.4 is 42.3 Å². The van der Waals surface area contributed by atoms with Crippen LogP contribution in [0.1, 0.15) is 11.1 Å². The molecule has 0 fully saturated rings. The molecule has 0 bridgehead atoms. The van der Waals surface area contributed by atoms with E-state index in [9.17, 15) is 0 Å². The van der Waals surface area contributed by atoms with E-state index in [4.69, 9.17) is 9.47 Å². The second-order valence-corrected chi connectivity index (χ2v) is 26.6. The summed E-state index contributed by atoms with van der Waals surface area (Å²) in [7, 11) is 0. The summed E-state index contributed by atoms with van der Waals surface area (Å²) >= 11 is 0. The maximum atomic E-state index is 16.1. The highest BCUT2D eigenvalue weighted by Crippen LogP contribution is 2.57. The van der Waals surface area contributed by atoms with Crippen LogP contribution in [-0.4, -0.2) is 13.4 Å². The summed E-state index contributed by atoms with van der Waals surface area (Å²) in [6.45, 7) is -1.32. The van der Waals surface area contributed by atoms with E-state index in [0.29, 0.717) is 44.7 Å². The number of benzene rings is 16. The Morgan fingerprint density at radius 3 is 0.840 bits per heavy atom. The number of rotatable bonds is 8. The molecule has 0 aromatic heterocycles. The number of ether oxygens (including phenoxy) is 2. The Morgan fingerprint density at radius 1 is 0.220 bits per heavy atom. The van der Waals surface area contributed by atoms with E-state index in [-0.39, 0.29) is 11.5 Å². The van der Waals surface area contributed by atoms with Crippen LogP contribution in [0.5, 0.6) is 23.0 Å². The van der Waals surface area contributed by atoms with Crippen LogP contribution in [0, 0.1) is 0 Å². The minimum absolute atomic E-state index is 0.112. The van der Waals surface area contributed by atoms with Crippen molar-refractivity contribution in [3.63, 3.8) is 0 Å². The van der Waals surface area contributed by atoms with Crippen molar-refractivity contribution in [2.75, 3.05) is 0 Å². The Bertz CT molecular complexity index is 5600. The highest BCUT2D eigenvalue weighted by molar-refractivity contribution is 7.01. The number of halogens is 6. The lowest BCUT2D eigenvalue weighted by molar-refractivity contribution is -0.138. The van der Waals surface area contributed by atoms with Gasteiger partial charge in [0.05, 0.1) is 11.1 Å². The molecular weight excluding hydrogens is 1250 g/mol. The molecule has 0 unspecified atom stereocenters. The summed E-state index contributed by atoms with van der Waals surface area (Å²) < 4.78 is 110. The van der Waals surface area contributed by atoms with Gasteiger partial charge in [-0.3, -0.25) is 0 Å². The van der Waals surface area contributed by atoms with Crippen LogP contribution in [-0.2, 0) is 12.4 Å². The SMILES string of the molecule is FC(F)(F)c1cc2c3c(c1)-c1cc(-c4c(-c5ccccc5)cc(-c5ccccc5)cc4-c4ccccc4)c4cc5c6c(cc(-c7c(-c8ccccc8)cc(-c8ccccc8)cc7-c7ccccc7)c7cc(c1c4c76)B3c1ccccc1O2)-c1cc(C(F)(F)F)cc2c1B5c1ccccc1O2. The van der Waals surface area contributed by atoms with Gasteiger partial charge in [0.1, 0.15) is 23.0 Å². The van der Waals surface area contributed by atoms with Gasteiger partial charge in [-0.15, -0.1) is 0 Å². The second-order valence-electron chi connectivity index (χ2n) is 26.6. The van der Waals surface area contributed by atoms with Gasteiger partial charge < -0.3 is 9.47 Å². The van der Waals surface area contributed by atoms with E-state index in [2.05, 4.69) is 121 Å². The summed E-state index contributed by atoms with van der Waals surface area (Å²) in [4.78, 5) is 0. The summed E-state index contributed by atoms with van der Waals surface area (Å²) in [6, 6.07) is 99.6. The van der Waals surface area contributed by atoms with Crippen molar-refractivity contribution in [1.82, 2.24) is 0 Å². The molecule has 0 radical (unpaired) electrons. The third kappa shape index (κ3) is 8.75. The molecular formula is C90H50B2F6O2. The Labute approximate surface area is 572 Å². The molecule has 16 aromatic carbocycles. The Balaban J connectivity index is 1.06. The molecule has 4 aliphatic heterocycles. The first kappa shape index (κ1) is 58.1. The number of alkyl halides is 6. The van der Waals surface area contributed by atoms with Crippen molar-refractivity contribution in [3.05, 3.63) is 314 Å². The van der Waals surface area contributed by atoms with E-state index < -0.39 is 36.9 Å². The zero-order valence-corrected chi connectivity index (χ0v) is 53.1. The maximum Gasteiger partial charge on any atom is 0.416 e. The zero-order chi connectivity index (χ0) is 66.9. The first-order chi connectivity index (χ1) is 48.9. The minimum Gasteiger partial charge on any atom is -0.458 e. The van der Waals surface area contributed by atoms with Gasteiger partial charge in [-0.1, -0.05) is 241 Å². The second kappa shape index (κ2) is 21.7. The van der Waals surface area contributed by atoms with Crippen molar-refractivity contribution >= 4 is 78.5 Å². The molecule has 16 aromatic rings. The van der Waals surface area contributed by atoms with Gasteiger partial charge in [-0.2, -0.15) is 26.3 Å². The van der Waals surface area contributed by atoms with Crippen LogP contribution in [0.3, 0.4) is 0 Å². The highest BCUT2D eigenvalue weighted by Gasteiger charge is 2.47. The molecule has 0 spiro atoms. The summed E-state index contributed by atoms with van der Waals surface area (Å²) in [5, 5.41) is 4.69. The van der Waals surface area contributed by atoms with Crippen LogP contribution in [0.2, 0.25) is 0 Å². The molecule has 0 N–H and O–H groups in total. The van der Waals surface area contributed by atoms with E-state index >= 15 is 26.3 Å². The molecule has 10 heteroatoms. The topological polar surface area (TPSA) is 18.5 Å². The molecule has 0 saturated heterocycles. The fraction of sp³-hybridized carbons (Fsp3) is 0.0222. The van der Waals surface area contributed by atoms with E-state index in [1.54, 1.807) is 0 Å². The van der Waals surface area contributed by atoms with Crippen molar-refractivity contribution in [2.24, 2.45) is 0 Å². The summed E-state index contributed by atoms with van der Waals surface area (Å²) in [6.07, 6.45) is -9.58. The number of hydrogen-bond donors (Lipinski definition) is 0. The van der Waals surface area contributed by atoms with Gasteiger partial charge in [0.2, 0.25) is 0 Å². The molecule has 0 atom stereocenters. The Kier molecular flexibility index (Phi) is 12.6. The molecule has 4 heterocycles. The maximum absolute atomic E-state index is 16.1. The molecule has 0 aliphatic carbocycles. The first-order valence-electron chi connectivity index (χ1n) is 33.5. The van der Waals surface area contributed by atoms with Gasteiger partial charge in [-0.25, -0.2) is 0 Å². The van der Waals surface area contributed by atoms with Gasteiger partial charge in [0, 0.05) is 0 Å². The summed E-state index contributed by atoms with van der Waals surface area (Å²) in [5.41, 5.74) is 19.0. The van der Waals surface area contributed by atoms with Gasteiger partial charge >= 0.3 is 12.4 Å². The Hall–Kier alpha value is -12.1. The van der Waals surface area contributed by atoms with E-state index in [1.807, 2.05) is 158 Å². The number of hydrogen-bond acceptors (Lipinski definition) is 2. The van der Waals surface area contributed by atoms with Crippen molar-refractivity contribution < 1.29 is 35.8 Å². The fourth-order valence-electron chi connectivity index (χ4n) is 17.0. The largest absolute Gasteiger partial charge is 0.458 e.